The number of nitrogens with one attached hydrogen (secondary N) is 1. The summed E-state index contributed by atoms with van der Waals surface area (Å²) in [5.74, 6) is -0.791. The lowest BCUT2D eigenvalue weighted by molar-refractivity contribution is -0.128. The molecule has 0 bridgehead atoms. The van der Waals surface area contributed by atoms with Crippen LogP contribution in [0.5, 0.6) is 0 Å². The van der Waals surface area contributed by atoms with Crippen molar-refractivity contribution in [2.45, 2.75) is 31.6 Å². The van der Waals surface area contributed by atoms with Gasteiger partial charge in [0.15, 0.2) is 0 Å². The molecule has 1 aliphatic rings. The molecule has 14 heavy (non-hydrogen) atoms. The lowest BCUT2D eigenvalue weighted by atomic mass is 9.86. The lowest BCUT2D eigenvalue weighted by Gasteiger charge is -2.27. The molecule has 0 saturated heterocycles. The highest BCUT2D eigenvalue weighted by Crippen LogP contribution is 2.35. The van der Waals surface area contributed by atoms with E-state index >= 15 is 0 Å². The standard InChI is InChI=1S/C10H13F2NO/c1-2-7-13-9(14)8-3-5-10(11,12)6-4-8/h1,8H,3-7H2,(H,13,14). The van der Waals surface area contributed by atoms with E-state index in [1.807, 2.05) is 0 Å². The number of amides is 1. The number of alkyl halides is 2. The van der Waals surface area contributed by atoms with Gasteiger partial charge >= 0.3 is 0 Å². The first-order valence-corrected chi connectivity index (χ1v) is 4.64. The van der Waals surface area contributed by atoms with Crippen molar-refractivity contribution in [2.24, 2.45) is 5.92 Å². The Morgan fingerprint density at radius 3 is 2.57 bits per heavy atom. The summed E-state index contributed by atoms with van der Waals surface area (Å²) in [5, 5.41) is 2.51. The van der Waals surface area contributed by atoms with Crippen molar-refractivity contribution in [3.8, 4) is 12.3 Å². The molecule has 1 fully saturated rings. The van der Waals surface area contributed by atoms with Crippen molar-refractivity contribution in [3.63, 3.8) is 0 Å². The van der Waals surface area contributed by atoms with E-state index in [-0.39, 0.29) is 44.1 Å². The van der Waals surface area contributed by atoms with Crippen molar-refractivity contribution in [2.75, 3.05) is 6.54 Å². The summed E-state index contributed by atoms with van der Waals surface area (Å²) >= 11 is 0. The van der Waals surface area contributed by atoms with E-state index in [0.29, 0.717) is 0 Å². The third-order valence-electron chi connectivity index (χ3n) is 2.45. The van der Waals surface area contributed by atoms with Gasteiger partial charge in [0.25, 0.3) is 0 Å². The third kappa shape index (κ3) is 2.99. The summed E-state index contributed by atoms with van der Waals surface area (Å²) in [6.07, 6.45) is 5.08. The second kappa shape index (κ2) is 4.41. The molecule has 1 amide bonds. The predicted molar refractivity (Wildman–Crippen MR) is 48.7 cm³/mol. The molecule has 0 radical (unpaired) electrons. The molecule has 0 spiro atoms. The molecule has 2 nitrogen and oxygen atoms in total. The third-order valence-corrected chi connectivity index (χ3v) is 2.45. The maximum atomic E-state index is 12.7. The molecule has 1 rings (SSSR count). The van der Waals surface area contributed by atoms with Crippen LogP contribution in [0, 0.1) is 18.3 Å². The van der Waals surface area contributed by atoms with Crippen LogP contribution < -0.4 is 5.32 Å². The molecule has 1 N–H and O–H groups in total. The normalized spacial score (nSPS) is 21.2. The highest BCUT2D eigenvalue weighted by Gasteiger charge is 2.37. The Morgan fingerprint density at radius 1 is 1.50 bits per heavy atom. The average Bonchev–Trinajstić information content (AvgIpc) is 2.14. The summed E-state index contributed by atoms with van der Waals surface area (Å²) in [7, 11) is 0. The van der Waals surface area contributed by atoms with Gasteiger partial charge in [-0.2, -0.15) is 0 Å². The Hall–Kier alpha value is -1.11. The number of carbonyl (C=O) groups is 1. The van der Waals surface area contributed by atoms with Gasteiger partial charge in [0.2, 0.25) is 11.8 Å². The van der Waals surface area contributed by atoms with Gasteiger partial charge in [0.05, 0.1) is 6.54 Å². The smallest absolute Gasteiger partial charge is 0.248 e. The summed E-state index contributed by atoms with van der Waals surface area (Å²) in [5.41, 5.74) is 0. The summed E-state index contributed by atoms with van der Waals surface area (Å²) < 4.78 is 25.5. The summed E-state index contributed by atoms with van der Waals surface area (Å²) in [6.45, 7) is 0.172. The SMILES string of the molecule is C#CCNC(=O)C1CCC(F)(F)CC1. The highest BCUT2D eigenvalue weighted by molar-refractivity contribution is 5.78. The molecule has 0 aromatic carbocycles. The highest BCUT2D eigenvalue weighted by atomic mass is 19.3. The number of halogens is 2. The number of terminal acetylenes is 1. The Morgan fingerprint density at radius 2 is 2.07 bits per heavy atom. The number of hydrogen-bond acceptors (Lipinski definition) is 1. The van der Waals surface area contributed by atoms with E-state index in [2.05, 4.69) is 11.2 Å². The predicted octanol–water partition coefficient (Wildman–Crippen LogP) is 1.56. The zero-order valence-electron chi connectivity index (χ0n) is 7.85. The van der Waals surface area contributed by atoms with Gasteiger partial charge in [-0.1, -0.05) is 5.92 Å². The van der Waals surface area contributed by atoms with E-state index in [1.165, 1.54) is 0 Å². The van der Waals surface area contributed by atoms with Gasteiger partial charge in [-0.25, -0.2) is 8.78 Å². The minimum atomic E-state index is -2.58. The van der Waals surface area contributed by atoms with Gasteiger partial charge in [-0.3, -0.25) is 4.79 Å². The van der Waals surface area contributed by atoms with Crippen molar-refractivity contribution in [1.82, 2.24) is 5.32 Å². The van der Waals surface area contributed by atoms with Crippen LogP contribution >= 0.6 is 0 Å². The van der Waals surface area contributed by atoms with Crippen LogP contribution in [0.15, 0.2) is 0 Å². The van der Waals surface area contributed by atoms with Gasteiger partial charge in [0.1, 0.15) is 0 Å². The molecule has 0 aliphatic heterocycles. The first-order chi connectivity index (χ1) is 6.55. The zero-order chi connectivity index (χ0) is 10.6. The van der Waals surface area contributed by atoms with Crippen molar-refractivity contribution < 1.29 is 13.6 Å². The van der Waals surface area contributed by atoms with Gasteiger partial charge < -0.3 is 5.32 Å². The van der Waals surface area contributed by atoms with Crippen LogP contribution in [0.3, 0.4) is 0 Å². The maximum absolute atomic E-state index is 12.7. The van der Waals surface area contributed by atoms with Crippen LogP contribution in [0.4, 0.5) is 8.78 Å². The van der Waals surface area contributed by atoms with Gasteiger partial charge in [-0.05, 0) is 12.8 Å². The fraction of sp³-hybridized carbons (Fsp3) is 0.700. The van der Waals surface area contributed by atoms with Crippen molar-refractivity contribution in [3.05, 3.63) is 0 Å². The van der Waals surface area contributed by atoms with Crippen molar-refractivity contribution >= 4 is 5.91 Å². The zero-order valence-corrected chi connectivity index (χ0v) is 7.85. The second-order valence-corrected chi connectivity index (χ2v) is 3.55. The van der Waals surface area contributed by atoms with Gasteiger partial charge in [0, 0.05) is 18.8 Å². The van der Waals surface area contributed by atoms with E-state index in [0.717, 1.165) is 0 Å². The Balaban J connectivity index is 2.35. The molecule has 0 unspecified atom stereocenters. The van der Waals surface area contributed by atoms with Crippen LogP contribution in [0.1, 0.15) is 25.7 Å². The maximum Gasteiger partial charge on any atom is 0.248 e. The topological polar surface area (TPSA) is 29.1 Å². The quantitative estimate of drug-likeness (QED) is 0.675. The number of rotatable bonds is 2. The van der Waals surface area contributed by atoms with Crippen LogP contribution in [-0.4, -0.2) is 18.4 Å². The summed E-state index contributed by atoms with van der Waals surface area (Å²) in [6, 6.07) is 0. The Bertz CT molecular complexity index is 247. The van der Waals surface area contributed by atoms with Crippen LogP contribution in [0.25, 0.3) is 0 Å². The minimum Gasteiger partial charge on any atom is -0.345 e. The Kier molecular flexibility index (Phi) is 3.45. The first kappa shape index (κ1) is 11.0. The summed E-state index contributed by atoms with van der Waals surface area (Å²) in [4.78, 5) is 11.3. The molecule has 78 valence electrons. The van der Waals surface area contributed by atoms with Gasteiger partial charge in [-0.15, -0.1) is 6.42 Å². The molecule has 0 heterocycles. The fourth-order valence-electron chi connectivity index (χ4n) is 1.58. The van der Waals surface area contributed by atoms with Crippen LogP contribution in [-0.2, 0) is 4.79 Å². The average molecular weight is 201 g/mol. The largest absolute Gasteiger partial charge is 0.345 e. The number of hydrogen-bond donors (Lipinski definition) is 1. The van der Waals surface area contributed by atoms with Crippen LogP contribution in [0.2, 0.25) is 0 Å². The molecular formula is C10H13F2NO. The second-order valence-electron chi connectivity index (χ2n) is 3.55. The lowest BCUT2D eigenvalue weighted by Crippen LogP contribution is -2.36. The van der Waals surface area contributed by atoms with Crippen molar-refractivity contribution in [1.29, 1.82) is 0 Å². The monoisotopic (exact) mass is 201 g/mol. The minimum absolute atomic E-state index is 0.172. The molecule has 1 saturated carbocycles. The molecule has 0 aromatic heterocycles. The molecule has 0 atom stereocenters. The number of carbonyl (C=O) groups excluding carboxylic acids is 1. The fourth-order valence-corrected chi connectivity index (χ4v) is 1.58. The molecule has 4 heteroatoms. The molecular weight excluding hydrogens is 188 g/mol. The van der Waals surface area contributed by atoms with E-state index in [4.69, 9.17) is 6.42 Å². The molecule has 1 aliphatic carbocycles. The van der Waals surface area contributed by atoms with E-state index in [1.54, 1.807) is 0 Å². The molecule has 0 aromatic rings. The Labute approximate surface area is 82.1 Å². The van der Waals surface area contributed by atoms with E-state index < -0.39 is 5.92 Å². The van der Waals surface area contributed by atoms with E-state index in [9.17, 15) is 13.6 Å². The first-order valence-electron chi connectivity index (χ1n) is 4.64.